The molecule has 1 aliphatic carbocycles. The summed E-state index contributed by atoms with van der Waals surface area (Å²) in [6.45, 7) is 32.5. The molecule has 0 saturated carbocycles. The first-order valence-corrected chi connectivity index (χ1v) is 31.6. The lowest BCUT2D eigenvalue weighted by molar-refractivity contribution is 0.288. The van der Waals surface area contributed by atoms with Crippen LogP contribution in [0.1, 0.15) is 184 Å². The van der Waals surface area contributed by atoms with Crippen LogP contribution in [0.15, 0.2) is 170 Å². The van der Waals surface area contributed by atoms with Crippen LogP contribution in [-0.4, -0.2) is 29.9 Å². The highest BCUT2D eigenvalue weighted by Crippen LogP contribution is 2.45. The largest absolute Gasteiger partial charge is 0.487 e. The lowest BCUT2D eigenvalue weighted by Crippen LogP contribution is -2.18. The highest BCUT2D eigenvalue weighted by Gasteiger charge is 2.30. The molecule has 0 unspecified atom stereocenters. The maximum absolute atomic E-state index is 7.45. The number of benzene rings is 4. The Hall–Kier alpha value is -9.02. The molecule has 0 N–H and O–H groups in total. The third-order valence-corrected chi connectivity index (χ3v) is 16.8. The predicted octanol–water partition coefficient (Wildman–Crippen LogP) is 18.2. The normalized spacial score (nSPS) is 12.8. The van der Waals surface area contributed by atoms with Crippen molar-refractivity contribution in [1.82, 2.24) is 29.9 Å². The van der Waals surface area contributed by atoms with Gasteiger partial charge in [-0.3, -0.25) is 19.9 Å². The van der Waals surface area contributed by atoms with Gasteiger partial charge in [-0.15, -0.1) is 0 Å². The average Bonchev–Trinajstić information content (AvgIpc) is 0.777. The van der Waals surface area contributed by atoms with E-state index in [0.717, 1.165) is 124 Å². The Kier molecular flexibility index (Phi) is 18.0. The molecule has 8 bridgehead atoms. The first-order valence-electron chi connectivity index (χ1n) is 31.6. The van der Waals surface area contributed by atoms with Gasteiger partial charge in [0.1, 0.15) is 49.4 Å². The minimum Gasteiger partial charge on any atom is -0.487 e. The minimum atomic E-state index is -0.246. The molecular formula is C80H86N6O4. The van der Waals surface area contributed by atoms with Crippen LogP contribution in [0.4, 0.5) is 0 Å². The fraction of sp³-hybridized carbons (Fsp3) is 0.325. The molecule has 1 aliphatic rings. The molecule has 90 heavy (non-hydrogen) atoms. The number of hydrogen-bond donors (Lipinski definition) is 0. The monoisotopic (exact) mass is 1190 g/mol. The standard InChI is InChI=1S/C80H86N6O4/c1-51-23-19-29-69(83-51)71-31-21-27-67(85-71)49-89-75-57-35-53-39-61(77(3,4)5)41-55(73(53)87-47-65-25-15-17-33-81-65)37-59-45-64(80(12,13)14)46-60(76(59)90-50-68-28-22-32-72(86-68)70-30-20-24-52(2)84-70)38-56-42-62(78(6,7)8)40-54(36-58(75)44-63(43-57)79(9,10)11)74(56)88-48-66-26-16-18-34-82-66/h15-34,39-46H,35-38,47-50H2,1-14H3. The second-order valence-corrected chi connectivity index (χ2v) is 28.4. The topological polar surface area (TPSA) is 114 Å². The summed E-state index contributed by atoms with van der Waals surface area (Å²) in [6.07, 6.45) is 5.63. The number of nitrogens with zero attached hydrogens (tertiary/aromatic N) is 6. The van der Waals surface area contributed by atoms with Crippen LogP contribution < -0.4 is 18.9 Å². The molecule has 10 heteroatoms. The number of aryl methyl sites for hydroxylation is 2. The molecule has 4 aromatic carbocycles. The number of hydrogen-bond acceptors (Lipinski definition) is 10. The molecule has 6 heterocycles. The summed E-state index contributed by atoms with van der Waals surface area (Å²) in [6, 6.07) is 55.2. The highest BCUT2D eigenvalue weighted by molar-refractivity contribution is 5.61. The van der Waals surface area contributed by atoms with E-state index in [0.29, 0.717) is 25.7 Å². The van der Waals surface area contributed by atoms with E-state index in [4.69, 9.17) is 48.9 Å². The van der Waals surface area contributed by atoms with E-state index < -0.39 is 0 Å². The van der Waals surface area contributed by atoms with Gasteiger partial charge in [0.2, 0.25) is 0 Å². The molecule has 0 amide bonds. The summed E-state index contributed by atoms with van der Waals surface area (Å²) < 4.78 is 29.6. The summed E-state index contributed by atoms with van der Waals surface area (Å²) in [5, 5.41) is 0. The Labute approximate surface area is 533 Å². The van der Waals surface area contributed by atoms with Gasteiger partial charge in [0.05, 0.1) is 45.6 Å². The van der Waals surface area contributed by atoms with Crippen molar-refractivity contribution in [3.63, 3.8) is 0 Å². The first-order chi connectivity index (χ1) is 42.9. The smallest absolute Gasteiger partial charge is 0.130 e. The van der Waals surface area contributed by atoms with E-state index in [1.165, 1.54) is 22.3 Å². The van der Waals surface area contributed by atoms with E-state index in [-0.39, 0.29) is 48.1 Å². The summed E-state index contributed by atoms with van der Waals surface area (Å²) in [7, 11) is 0. The van der Waals surface area contributed by atoms with Crippen molar-refractivity contribution in [3.05, 3.63) is 271 Å². The fourth-order valence-corrected chi connectivity index (χ4v) is 11.7. The lowest BCUT2D eigenvalue weighted by Gasteiger charge is -2.29. The third kappa shape index (κ3) is 15.0. The molecule has 0 fully saturated rings. The molecule has 0 radical (unpaired) electrons. The third-order valence-electron chi connectivity index (χ3n) is 16.8. The molecule has 10 nitrogen and oxygen atoms in total. The van der Waals surface area contributed by atoms with Crippen LogP contribution in [0.5, 0.6) is 23.0 Å². The van der Waals surface area contributed by atoms with Crippen molar-refractivity contribution in [2.75, 3.05) is 0 Å². The molecule has 0 atom stereocenters. The van der Waals surface area contributed by atoms with Crippen LogP contribution in [0.25, 0.3) is 22.8 Å². The zero-order valence-electron chi connectivity index (χ0n) is 55.1. The molecule has 0 saturated heterocycles. The van der Waals surface area contributed by atoms with Gasteiger partial charge in [-0.2, -0.15) is 0 Å². The van der Waals surface area contributed by atoms with Crippen molar-refractivity contribution in [2.45, 2.75) is 171 Å². The van der Waals surface area contributed by atoms with Crippen molar-refractivity contribution in [1.29, 1.82) is 0 Å². The summed E-state index contributed by atoms with van der Waals surface area (Å²) in [5.41, 5.74) is 20.5. The Morgan fingerprint density at radius 2 is 0.533 bits per heavy atom. The van der Waals surface area contributed by atoms with E-state index >= 15 is 0 Å². The quantitative estimate of drug-likeness (QED) is 0.104. The SMILES string of the molecule is Cc1cccc(-c2cccc(COc3c4cc(C(C)(C)C)cc3Cc3cc(C(C)(C)C)cc(c3OCc3ccccn3)Cc3cc(C(C)(C)C)cc(c3OCc3cccc(-c5cccc(C)n5)n3)Cc3cc(C(C)(C)C)cc(c3OCc3ccccn3)C4)n2)n1. The van der Waals surface area contributed by atoms with Crippen molar-refractivity contribution < 1.29 is 18.9 Å². The Morgan fingerprint density at radius 1 is 0.289 bits per heavy atom. The van der Waals surface area contributed by atoms with E-state index in [1.807, 2.05) is 135 Å². The van der Waals surface area contributed by atoms with Crippen LogP contribution >= 0.6 is 0 Å². The number of rotatable bonds is 14. The Bertz CT molecular complexity index is 3840. The van der Waals surface area contributed by atoms with E-state index in [2.05, 4.69) is 132 Å². The summed E-state index contributed by atoms with van der Waals surface area (Å²) in [5.74, 6) is 3.24. The number of ether oxygens (including phenoxy) is 4. The number of aromatic nitrogens is 6. The fourth-order valence-electron chi connectivity index (χ4n) is 11.7. The second-order valence-electron chi connectivity index (χ2n) is 28.4. The van der Waals surface area contributed by atoms with Gasteiger partial charge >= 0.3 is 0 Å². The van der Waals surface area contributed by atoms with Crippen LogP contribution in [0, 0.1) is 13.8 Å². The van der Waals surface area contributed by atoms with E-state index in [1.54, 1.807) is 0 Å². The van der Waals surface area contributed by atoms with Gasteiger partial charge in [0.25, 0.3) is 0 Å². The van der Waals surface area contributed by atoms with Crippen molar-refractivity contribution >= 4 is 0 Å². The number of pyridine rings is 6. The Morgan fingerprint density at radius 3 is 0.778 bits per heavy atom. The first kappa shape index (κ1) is 62.6. The van der Waals surface area contributed by atoms with Gasteiger partial charge < -0.3 is 18.9 Å². The van der Waals surface area contributed by atoms with Crippen molar-refractivity contribution in [3.8, 4) is 45.8 Å². The Balaban J connectivity index is 1.19. The van der Waals surface area contributed by atoms with Gasteiger partial charge in [0.15, 0.2) is 0 Å². The average molecular weight is 1200 g/mol. The van der Waals surface area contributed by atoms with Crippen LogP contribution in [0.2, 0.25) is 0 Å². The minimum absolute atomic E-state index is 0.220. The zero-order chi connectivity index (χ0) is 63.5. The second kappa shape index (κ2) is 25.8. The van der Waals surface area contributed by atoms with Gasteiger partial charge in [-0.1, -0.05) is 168 Å². The number of fused-ring (bicyclic) bond motifs is 8. The molecule has 0 aliphatic heterocycles. The van der Waals surface area contributed by atoms with Gasteiger partial charge in [0, 0.05) is 49.5 Å². The van der Waals surface area contributed by atoms with Gasteiger partial charge in [-0.05, 0) is 175 Å². The van der Waals surface area contributed by atoms with Gasteiger partial charge in [-0.25, -0.2) is 9.97 Å². The molecule has 6 aromatic heterocycles. The van der Waals surface area contributed by atoms with Crippen LogP contribution in [-0.2, 0) is 73.8 Å². The predicted molar refractivity (Wildman–Crippen MR) is 362 cm³/mol. The molecular weight excluding hydrogens is 1110 g/mol. The molecule has 11 rings (SSSR count). The summed E-state index contributed by atoms with van der Waals surface area (Å²) >= 11 is 0. The lowest BCUT2D eigenvalue weighted by atomic mass is 9.79. The molecule has 0 spiro atoms. The maximum atomic E-state index is 7.45. The molecule has 460 valence electrons. The zero-order valence-corrected chi connectivity index (χ0v) is 55.1. The van der Waals surface area contributed by atoms with E-state index in [9.17, 15) is 0 Å². The summed E-state index contributed by atoms with van der Waals surface area (Å²) in [4.78, 5) is 29.6. The van der Waals surface area contributed by atoms with Crippen LogP contribution in [0.3, 0.4) is 0 Å². The molecule has 10 aromatic rings. The van der Waals surface area contributed by atoms with Crippen molar-refractivity contribution in [2.24, 2.45) is 0 Å². The highest BCUT2D eigenvalue weighted by atomic mass is 16.5. The maximum Gasteiger partial charge on any atom is 0.130 e.